The maximum atomic E-state index is 13.1. The third-order valence-electron chi connectivity index (χ3n) is 5.39. The second kappa shape index (κ2) is 8.03. The summed E-state index contributed by atoms with van der Waals surface area (Å²) in [5, 5.41) is 0.787. The summed E-state index contributed by atoms with van der Waals surface area (Å²) in [4.78, 5) is 32.1. The van der Waals surface area contributed by atoms with E-state index in [1.165, 1.54) is 0 Å². The van der Waals surface area contributed by atoms with Crippen LogP contribution in [0.2, 0.25) is 0 Å². The van der Waals surface area contributed by atoms with Gasteiger partial charge in [0.25, 0.3) is 5.91 Å². The third kappa shape index (κ3) is 3.86. The lowest BCUT2D eigenvalue weighted by atomic mass is 10.0. The zero-order valence-corrected chi connectivity index (χ0v) is 16.7. The lowest BCUT2D eigenvalue weighted by Gasteiger charge is -2.22. The van der Waals surface area contributed by atoms with Crippen LogP contribution in [0.5, 0.6) is 0 Å². The molecule has 1 aliphatic rings. The maximum absolute atomic E-state index is 13.1. The molecule has 1 aliphatic carbocycles. The summed E-state index contributed by atoms with van der Waals surface area (Å²) >= 11 is 0. The predicted molar refractivity (Wildman–Crippen MR) is 112 cm³/mol. The van der Waals surface area contributed by atoms with Gasteiger partial charge in [0.1, 0.15) is 0 Å². The number of esters is 1. The Morgan fingerprint density at radius 1 is 1.07 bits per heavy atom. The van der Waals surface area contributed by atoms with Gasteiger partial charge in [-0.15, -0.1) is 0 Å². The highest BCUT2D eigenvalue weighted by molar-refractivity contribution is 6.05. The zero-order chi connectivity index (χ0) is 20.4. The SMILES string of the molecule is C[C@@H](OC(=O)c1c2c(nc3ccccc13)CCC2)C(=O)N(C)Cc1ccccc1. The van der Waals surface area contributed by atoms with Crippen molar-refractivity contribution >= 4 is 22.8 Å². The van der Waals surface area contributed by atoms with E-state index >= 15 is 0 Å². The molecular formula is C24H24N2O3. The number of amides is 1. The fraction of sp³-hybridized carbons (Fsp3) is 0.292. The second-order valence-corrected chi connectivity index (χ2v) is 7.51. The van der Waals surface area contributed by atoms with Crippen LogP contribution >= 0.6 is 0 Å². The average molecular weight is 388 g/mol. The molecule has 0 saturated heterocycles. The third-order valence-corrected chi connectivity index (χ3v) is 5.39. The number of benzene rings is 2. The minimum atomic E-state index is -0.861. The van der Waals surface area contributed by atoms with Crippen LogP contribution in [0, 0.1) is 0 Å². The first kappa shape index (κ1) is 19.1. The van der Waals surface area contributed by atoms with Gasteiger partial charge in [0.15, 0.2) is 6.10 Å². The van der Waals surface area contributed by atoms with E-state index in [2.05, 4.69) is 0 Å². The van der Waals surface area contributed by atoms with Crippen LogP contribution in [0.15, 0.2) is 54.6 Å². The minimum Gasteiger partial charge on any atom is -0.449 e. The van der Waals surface area contributed by atoms with Crippen LogP contribution in [0.4, 0.5) is 0 Å². The summed E-state index contributed by atoms with van der Waals surface area (Å²) in [5.74, 6) is -0.673. The highest BCUT2D eigenvalue weighted by Crippen LogP contribution is 2.30. The molecule has 5 heteroatoms. The van der Waals surface area contributed by atoms with E-state index in [1.807, 2.05) is 54.6 Å². The molecule has 1 heterocycles. The molecule has 0 radical (unpaired) electrons. The quantitative estimate of drug-likeness (QED) is 0.622. The fourth-order valence-electron chi connectivity index (χ4n) is 3.96. The number of pyridine rings is 1. The van der Waals surface area contributed by atoms with Crippen molar-refractivity contribution in [1.82, 2.24) is 9.88 Å². The topological polar surface area (TPSA) is 59.5 Å². The number of aromatic nitrogens is 1. The normalized spacial score (nSPS) is 13.7. The molecule has 4 rings (SSSR count). The first-order valence-electron chi connectivity index (χ1n) is 9.95. The highest BCUT2D eigenvalue weighted by Gasteiger charge is 2.28. The summed E-state index contributed by atoms with van der Waals surface area (Å²) in [6, 6.07) is 17.4. The van der Waals surface area contributed by atoms with E-state index in [-0.39, 0.29) is 5.91 Å². The molecule has 0 aliphatic heterocycles. The Morgan fingerprint density at radius 2 is 1.79 bits per heavy atom. The van der Waals surface area contributed by atoms with Gasteiger partial charge in [0.05, 0.1) is 11.1 Å². The molecule has 29 heavy (non-hydrogen) atoms. The van der Waals surface area contributed by atoms with Gasteiger partial charge < -0.3 is 9.64 Å². The van der Waals surface area contributed by atoms with E-state index in [9.17, 15) is 9.59 Å². The van der Waals surface area contributed by atoms with E-state index in [0.717, 1.165) is 47.0 Å². The maximum Gasteiger partial charge on any atom is 0.339 e. The number of carbonyl (C=O) groups excluding carboxylic acids is 2. The predicted octanol–water partition coefficient (Wildman–Crippen LogP) is 3.93. The molecule has 1 amide bonds. The van der Waals surface area contributed by atoms with Gasteiger partial charge in [-0.3, -0.25) is 9.78 Å². The summed E-state index contributed by atoms with van der Waals surface area (Å²) in [5.41, 5.74) is 4.32. The Balaban J connectivity index is 1.54. The molecule has 1 aromatic heterocycles. The van der Waals surface area contributed by atoms with Crippen molar-refractivity contribution in [3.63, 3.8) is 0 Å². The molecule has 1 atom stereocenters. The Labute approximate surface area is 170 Å². The van der Waals surface area contributed by atoms with Crippen molar-refractivity contribution in [2.75, 3.05) is 7.05 Å². The van der Waals surface area contributed by atoms with Gasteiger partial charge in [-0.1, -0.05) is 48.5 Å². The first-order valence-corrected chi connectivity index (χ1v) is 9.95. The number of likely N-dealkylation sites (N-methyl/N-ethyl adjacent to an activating group) is 1. The zero-order valence-electron chi connectivity index (χ0n) is 16.7. The largest absolute Gasteiger partial charge is 0.449 e. The van der Waals surface area contributed by atoms with Crippen molar-refractivity contribution in [1.29, 1.82) is 0 Å². The van der Waals surface area contributed by atoms with Gasteiger partial charge in [-0.25, -0.2) is 4.79 Å². The molecule has 5 nitrogen and oxygen atoms in total. The lowest BCUT2D eigenvalue weighted by molar-refractivity contribution is -0.139. The van der Waals surface area contributed by atoms with Gasteiger partial charge in [-0.05, 0) is 43.4 Å². The van der Waals surface area contributed by atoms with Crippen molar-refractivity contribution in [2.45, 2.75) is 38.8 Å². The van der Waals surface area contributed by atoms with Crippen LogP contribution in [0.1, 0.15) is 40.5 Å². The summed E-state index contributed by atoms with van der Waals surface area (Å²) in [6.45, 7) is 2.10. The van der Waals surface area contributed by atoms with Crippen molar-refractivity contribution in [3.8, 4) is 0 Å². The number of hydrogen-bond donors (Lipinski definition) is 0. The molecule has 0 bridgehead atoms. The summed E-state index contributed by atoms with van der Waals surface area (Å²) < 4.78 is 5.63. The van der Waals surface area contributed by atoms with Gasteiger partial charge in [0, 0.05) is 24.7 Å². The van der Waals surface area contributed by atoms with Crippen molar-refractivity contribution in [3.05, 3.63) is 77.0 Å². The highest BCUT2D eigenvalue weighted by atomic mass is 16.5. The molecule has 2 aromatic carbocycles. The van der Waals surface area contributed by atoms with Crippen molar-refractivity contribution < 1.29 is 14.3 Å². The van der Waals surface area contributed by atoms with Crippen LogP contribution < -0.4 is 0 Å². The van der Waals surface area contributed by atoms with Gasteiger partial charge in [-0.2, -0.15) is 0 Å². The van der Waals surface area contributed by atoms with E-state index in [0.29, 0.717) is 12.1 Å². The van der Waals surface area contributed by atoms with Gasteiger partial charge in [0.2, 0.25) is 0 Å². The lowest BCUT2D eigenvalue weighted by Crippen LogP contribution is -2.37. The van der Waals surface area contributed by atoms with Crippen LogP contribution in [-0.4, -0.2) is 34.9 Å². The molecular weight excluding hydrogens is 364 g/mol. The number of ether oxygens (including phenoxy) is 1. The smallest absolute Gasteiger partial charge is 0.339 e. The molecule has 0 spiro atoms. The van der Waals surface area contributed by atoms with E-state index in [1.54, 1.807) is 18.9 Å². The molecule has 148 valence electrons. The van der Waals surface area contributed by atoms with Crippen molar-refractivity contribution in [2.24, 2.45) is 0 Å². The van der Waals surface area contributed by atoms with Crippen LogP contribution in [-0.2, 0) is 28.9 Å². The van der Waals surface area contributed by atoms with E-state index in [4.69, 9.17) is 9.72 Å². The Bertz CT molecular complexity index is 1060. The molecule has 3 aromatic rings. The Kier molecular flexibility index (Phi) is 5.30. The van der Waals surface area contributed by atoms with Crippen LogP contribution in [0.3, 0.4) is 0 Å². The fourth-order valence-corrected chi connectivity index (χ4v) is 3.96. The summed E-state index contributed by atoms with van der Waals surface area (Å²) in [6.07, 6.45) is 1.80. The number of aryl methyl sites for hydroxylation is 1. The monoisotopic (exact) mass is 388 g/mol. The average Bonchev–Trinajstić information content (AvgIpc) is 3.19. The number of para-hydroxylation sites is 1. The second-order valence-electron chi connectivity index (χ2n) is 7.51. The van der Waals surface area contributed by atoms with Gasteiger partial charge >= 0.3 is 5.97 Å². The minimum absolute atomic E-state index is 0.225. The molecule has 0 N–H and O–H groups in total. The molecule has 0 unspecified atom stereocenters. The van der Waals surface area contributed by atoms with Crippen LogP contribution in [0.25, 0.3) is 10.9 Å². The van der Waals surface area contributed by atoms with E-state index < -0.39 is 12.1 Å². The Hall–Kier alpha value is -3.21. The number of fused-ring (bicyclic) bond motifs is 2. The molecule has 0 fully saturated rings. The number of hydrogen-bond acceptors (Lipinski definition) is 4. The molecule has 0 saturated carbocycles. The Morgan fingerprint density at radius 3 is 2.59 bits per heavy atom. The number of nitrogens with zero attached hydrogens (tertiary/aromatic N) is 2. The first-order chi connectivity index (χ1) is 14.0. The summed E-state index contributed by atoms with van der Waals surface area (Å²) in [7, 11) is 1.72. The number of rotatable bonds is 5. The standard InChI is InChI=1S/C24H24N2O3/c1-16(23(27)26(2)15-17-9-4-3-5-10-17)29-24(28)22-18-11-6-7-13-20(18)25-21-14-8-12-19(21)22/h3-7,9-11,13,16H,8,12,14-15H2,1-2H3/t16-/m1/s1. The number of carbonyl (C=O) groups is 2.